The van der Waals surface area contributed by atoms with E-state index in [0.29, 0.717) is 11.7 Å². The van der Waals surface area contributed by atoms with Crippen LogP contribution in [0.4, 0.5) is 0 Å². The molecule has 2 bridgehead atoms. The van der Waals surface area contributed by atoms with Crippen molar-refractivity contribution in [1.29, 1.82) is 0 Å². The lowest BCUT2D eigenvalue weighted by molar-refractivity contribution is -0.138. The molecular formula is C10H15NO2. The van der Waals surface area contributed by atoms with Crippen molar-refractivity contribution in [3.8, 4) is 0 Å². The maximum atomic E-state index is 11.7. The highest BCUT2D eigenvalue weighted by molar-refractivity contribution is 5.91. The highest BCUT2D eigenvalue weighted by atomic mass is 16.2. The molecule has 2 rings (SSSR count). The Hall–Kier alpha value is -0.860. The first-order chi connectivity index (χ1) is 6.09. The topological polar surface area (TPSA) is 37.4 Å². The largest absolute Gasteiger partial charge is 0.349 e. The molecule has 0 N–H and O–H groups in total. The average Bonchev–Trinajstić information content (AvgIpc) is 2.60. The molecule has 0 radical (unpaired) electrons. The molecule has 72 valence electrons. The third-order valence-corrected chi connectivity index (χ3v) is 3.32. The zero-order valence-electron chi connectivity index (χ0n) is 8.12. The van der Waals surface area contributed by atoms with E-state index in [1.54, 1.807) is 19.0 Å². The summed E-state index contributed by atoms with van der Waals surface area (Å²) in [6.45, 7) is 0. The van der Waals surface area contributed by atoms with Gasteiger partial charge in [-0.15, -0.1) is 0 Å². The molecule has 1 amide bonds. The van der Waals surface area contributed by atoms with Gasteiger partial charge in [0.1, 0.15) is 5.78 Å². The second-order valence-corrected chi connectivity index (χ2v) is 4.45. The van der Waals surface area contributed by atoms with Crippen LogP contribution in [-0.4, -0.2) is 30.7 Å². The summed E-state index contributed by atoms with van der Waals surface area (Å²) in [6, 6.07) is 0. The highest BCUT2D eigenvalue weighted by Gasteiger charge is 2.48. The van der Waals surface area contributed by atoms with Crippen LogP contribution in [0.1, 0.15) is 19.3 Å². The van der Waals surface area contributed by atoms with E-state index in [1.807, 2.05) is 0 Å². The number of carbonyl (C=O) groups is 2. The van der Waals surface area contributed by atoms with Gasteiger partial charge in [-0.05, 0) is 18.8 Å². The monoisotopic (exact) mass is 181 g/mol. The summed E-state index contributed by atoms with van der Waals surface area (Å²) in [6.07, 6.45) is 2.62. The Morgan fingerprint density at radius 3 is 2.54 bits per heavy atom. The van der Waals surface area contributed by atoms with E-state index in [1.165, 1.54) is 0 Å². The SMILES string of the molecule is CN(C)C(=O)[C@@H]1C[C@H]2CC(=O)[C@H]1C2. The van der Waals surface area contributed by atoms with Crippen molar-refractivity contribution in [3.63, 3.8) is 0 Å². The molecule has 2 fully saturated rings. The van der Waals surface area contributed by atoms with E-state index in [9.17, 15) is 9.59 Å². The van der Waals surface area contributed by atoms with E-state index >= 15 is 0 Å². The van der Waals surface area contributed by atoms with Crippen molar-refractivity contribution in [2.75, 3.05) is 14.1 Å². The molecular weight excluding hydrogens is 166 g/mol. The maximum absolute atomic E-state index is 11.7. The highest BCUT2D eigenvalue weighted by Crippen LogP contribution is 2.46. The van der Waals surface area contributed by atoms with Gasteiger partial charge in [0.15, 0.2) is 0 Å². The molecule has 2 aliphatic carbocycles. The fourth-order valence-corrected chi connectivity index (χ4v) is 2.71. The Kier molecular flexibility index (Phi) is 1.90. The van der Waals surface area contributed by atoms with E-state index in [-0.39, 0.29) is 17.7 Å². The summed E-state index contributed by atoms with van der Waals surface area (Å²) >= 11 is 0. The third kappa shape index (κ3) is 1.26. The molecule has 3 heteroatoms. The van der Waals surface area contributed by atoms with Gasteiger partial charge in [-0.25, -0.2) is 0 Å². The number of amides is 1. The molecule has 0 unspecified atom stereocenters. The minimum Gasteiger partial charge on any atom is -0.349 e. The van der Waals surface area contributed by atoms with Crippen LogP contribution in [0, 0.1) is 17.8 Å². The second kappa shape index (κ2) is 2.82. The molecule has 0 saturated heterocycles. The van der Waals surface area contributed by atoms with Crippen molar-refractivity contribution in [2.24, 2.45) is 17.8 Å². The van der Waals surface area contributed by atoms with Gasteiger partial charge in [0.2, 0.25) is 5.91 Å². The molecule has 0 aromatic rings. The molecule has 13 heavy (non-hydrogen) atoms. The van der Waals surface area contributed by atoms with Gasteiger partial charge in [-0.3, -0.25) is 9.59 Å². The Bertz CT molecular complexity index is 260. The third-order valence-electron chi connectivity index (χ3n) is 3.32. The Morgan fingerprint density at radius 1 is 1.38 bits per heavy atom. The number of hydrogen-bond acceptors (Lipinski definition) is 2. The Labute approximate surface area is 78.1 Å². The lowest BCUT2D eigenvalue weighted by atomic mass is 9.87. The zero-order chi connectivity index (χ0) is 9.59. The van der Waals surface area contributed by atoms with Gasteiger partial charge in [0.05, 0.1) is 0 Å². The minimum atomic E-state index is 0.00116. The number of rotatable bonds is 1. The molecule has 0 aromatic carbocycles. The van der Waals surface area contributed by atoms with E-state index < -0.39 is 0 Å². The van der Waals surface area contributed by atoms with Crippen LogP contribution in [0.25, 0.3) is 0 Å². The molecule has 0 spiro atoms. The van der Waals surface area contributed by atoms with Crippen LogP contribution >= 0.6 is 0 Å². The Balaban J connectivity index is 2.11. The van der Waals surface area contributed by atoms with Crippen molar-refractivity contribution < 1.29 is 9.59 Å². The van der Waals surface area contributed by atoms with Gasteiger partial charge in [-0.1, -0.05) is 0 Å². The summed E-state index contributed by atoms with van der Waals surface area (Å²) in [5.74, 6) is 1.02. The lowest BCUT2D eigenvalue weighted by Gasteiger charge is -2.23. The molecule has 2 saturated carbocycles. The summed E-state index contributed by atoms with van der Waals surface area (Å²) in [4.78, 5) is 24.7. The van der Waals surface area contributed by atoms with Crippen LogP contribution in [-0.2, 0) is 9.59 Å². The van der Waals surface area contributed by atoms with E-state index in [2.05, 4.69) is 0 Å². The van der Waals surface area contributed by atoms with Crippen molar-refractivity contribution in [3.05, 3.63) is 0 Å². The summed E-state index contributed by atoms with van der Waals surface area (Å²) in [7, 11) is 3.53. The van der Waals surface area contributed by atoms with E-state index in [0.717, 1.165) is 19.3 Å². The molecule has 3 nitrogen and oxygen atoms in total. The van der Waals surface area contributed by atoms with Crippen LogP contribution in [0.15, 0.2) is 0 Å². The first kappa shape index (κ1) is 8.73. The Morgan fingerprint density at radius 2 is 2.08 bits per heavy atom. The van der Waals surface area contributed by atoms with Gasteiger partial charge in [-0.2, -0.15) is 0 Å². The average molecular weight is 181 g/mol. The van der Waals surface area contributed by atoms with Crippen molar-refractivity contribution in [2.45, 2.75) is 19.3 Å². The van der Waals surface area contributed by atoms with Crippen LogP contribution in [0.2, 0.25) is 0 Å². The van der Waals surface area contributed by atoms with Crippen molar-refractivity contribution >= 4 is 11.7 Å². The zero-order valence-corrected chi connectivity index (χ0v) is 8.12. The smallest absolute Gasteiger partial charge is 0.225 e. The van der Waals surface area contributed by atoms with Gasteiger partial charge >= 0.3 is 0 Å². The maximum Gasteiger partial charge on any atom is 0.225 e. The van der Waals surface area contributed by atoms with Crippen LogP contribution in [0.5, 0.6) is 0 Å². The van der Waals surface area contributed by atoms with Gasteiger partial charge in [0.25, 0.3) is 0 Å². The number of Topliss-reactive ketones (excluding diaryl/α,β-unsaturated/α-hetero) is 1. The van der Waals surface area contributed by atoms with E-state index in [4.69, 9.17) is 0 Å². The predicted molar refractivity (Wildman–Crippen MR) is 48.0 cm³/mol. The summed E-state index contributed by atoms with van der Waals surface area (Å²) in [5.41, 5.74) is 0. The standard InChI is InChI=1S/C10H15NO2/c1-11(2)10(13)8-4-6-3-7(8)9(12)5-6/h6-8H,3-5H2,1-2H3/t6-,7-,8+/m0/s1. The fraction of sp³-hybridized carbons (Fsp3) is 0.800. The number of nitrogens with zero attached hydrogens (tertiary/aromatic N) is 1. The number of ketones is 1. The summed E-state index contributed by atoms with van der Waals surface area (Å²) < 4.78 is 0. The molecule has 3 atom stereocenters. The molecule has 2 aliphatic rings. The van der Waals surface area contributed by atoms with Gasteiger partial charge in [0, 0.05) is 32.4 Å². The second-order valence-electron chi connectivity index (χ2n) is 4.45. The molecule has 0 aromatic heterocycles. The van der Waals surface area contributed by atoms with Crippen molar-refractivity contribution in [1.82, 2.24) is 4.90 Å². The first-order valence-corrected chi connectivity index (χ1v) is 4.83. The number of carbonyl (C=O) groups excluding carboxylic acids is 2. The fourth-order valence-electron chi connectivity index (χ4n) is 2.71. The summed E-state index contributed by atoms with van der Waals surface area (Å²) in [5, 5.41) is 0. The lowest BCUT2D eigenvalue weighted by Crippen LogP contribution is -2.35. The first-order valence-electron chi connectivity index (χ1n) is 4.83. The number of fused-ring (bicyclic) bond motifs is 2. The van der Waals surface area contributed by atoms with Crippen LogP contribution in [0.3, 0.4) is 0 Å². The predicted octanol–water partition coefficient (Wildman–Crippen LogP) is 0.690. The quantitative estimate of drug-likeness (QED) is 0.597. The normalized spacial score (nSPS) is 36.8. The van der Waals surface area contributed by atoms with Crippen LogP contribution < -0.4 is 0 Å². The minimum absolute atomic E-state index is 0.00116. The molecule has 0 heterocycles. The van der Waals surface area contributed by atoms with Gasteiger partial charge < -0.3 is 4.90 Å². The molecule has 0 aliphatic heterocycles. The number of hydrogen-bond donors (Lipinski definition) is 0.